The molecule has 0 aliphatic rings. The number of hydrogen-bond donors (Lipinski definition) is 2. The van der Waals surface area contributed by atoms with Crippen molar-refractivity contribution in [3.8, 4) is 0 Å². The molecule has 104 valence electrons. The highest BCUT2D eigenvalue weighted by atomic mass is 19.1. The molecule has 1 amide bonds. The van der Waals surface area contributed by atoms with Gasteiger partial charge in [-0.05, 0) is 36.2 Å². The third-order valence-corrected chi connectivity index (χ3v) is 2.95. The minimum Gasteiger partial charge on any atom is -0.376 e. The molecule has 0 fully saturated rings. The number of nitrogens with one attached hydrogen (secondary N) is 2. The molecule has 2 N–H and O–H groups in total. The monoisotopic (exact) mass is 272 g/mol. The van der Waals surface area contributed by atoms with Crippen molar-refractivity contribution in [1.82, 2.24) is 0 Å². The van der Waals surface area contributed by atoms with Gasteiger partial charge in [0.25, 0.3) is 0 Å². The highest BCUT2D eigenvalue weighted by Gasteiger charge is 2.04. The van der Waals surface area contributed by atoms with Crippen molar-refractivity contribution >= 4 is 17.3 Å². The zero-order valence-corrected chi connectivity index (χ0v) is 11.3. The molecular weight excluding hydrogens is 255 g/mol. The zero-order valence-electron chi connectivity index (χ0n) is 11.3. The van der Waals surface area contributed by atoms with Crippen LogP contribution in [0.25, 0.3) is 0 Å². The fourth-order valence-corrected chi connectivity index (χ4v) is 1.95. The molecule has 20 heavy (non-hydrogen) atoms. The molecule has 2 aromatic rings. The van der Waals surface area contributed by atoms with Crippen molar-refractivity contribution in [2.75, 3.05) is 17.2 Å². The second-order valence-electron chi connectivity index (χ2n) is 4.42. The Morgan fingerprint density at radius 2 is 1.95 bits per heavy atom. The number of benzene rings is 2. The molecule has 0 saturated heterocycles. The Balaban J connectivity index is 1.92. The maximum Gasteiger partial charge on any atom is 0.243 e. The molecule has 0 spiro atoms. The highest BCUT2D eigenvalue weighted by molar-refractivity contribution is 5.93. The summed E-state index contributed by atoms with van der Waals surface area (Å²) in [7, 11) is 0. The van der Waals surface area contributed by atoms with Crippen LogP contribution in [0, 0.1) is 5.82 Å². The number of hydrogen-bond acceptors (Lipinski definition) is 2. The lowest BCUT2D eigenvalue weighted by atomic mass is 10.1. The maximum absolute atomic E-state index is 13.0. The van der Waals surface area contributed by atoms with Crippen LogP contribution in [-0.4, -0.2) is 12.5 Å². The van der Waals surface area contributed by atoms with Gasteiger partial charge in [0.15, 0.2) is 0 Å². The Hall–Kier alpha value is -2.36. The van der Waals surface area contributed by atoms with Crippen LogP contribution in [0.5, 0.6) is 0 Å². The van der Waals surface area contributed by atoms with E-state index in [1.54, 1.807) is 12.1 Å². The quantitative estimate of drug-likeness (QED) is 0.875. The van der Waals surface area contributed by atoms with E-state index in [4.69, 9.17) is 0 Å². The van der Waals surface area contributed by atoms with Crippen molar-refractivity contribution in [1.29, 1.82) is 0 Å². The molecule has 0 aromatic heterocycles. The number of carbonyl (C=O) groups is 1. The average Bonchev–Trinajstić information content (AvgIpc) is 2.45. The van der Waals surface area contributed by atoms with Gasteiger partial charge in [0.05, 0.1) is 6.54 Å². The third kappa shape index (κ3) is 3.82. The van der Waals surface area contributed by atoms with E-state index in [2.05, 4.69) is 17.6 Å². The minimum absolute atomic E-state index is 0.146. The van der Waals surface area contributed by atoms with E-state index in [1.807, 2.05) is 24.3 Å². The van der Waals surface area contributed by atoms with Crippen LogP contribution in [0.15, 0.2) is 48.5 Å². The van der Waals surface area contributed by atoms with Gasteiger partial charge in [-0.1, -0.05) is 31.2 Å². The summed E-state index contributed by atoms with van der Waals surface area (Å²) in [4.78, 5) is 11.8. The summed E-state index contributed by atoms with van der Waals surface area (Å²) in [5, 5.41) is 5.74. The second kappa shape index (κ2) is 6.70. The Morgan fingerprint density at radius 1 is 1.15 bits per heavy atom. The number of anilines is 2. The van der Waals surface area contributed by atoms with Gasteiger partial charge in [-0.3, -0.25) is 4.79 Å². The molecule has 0 atom stereocenters. The van der Waals surface area contributed by atoms with Crippen LogP contribution in [0.4, 0.5) is 15.8 Å². The van der Waals surface area contributed by atoms with Gasteiger partial charge in [0, 0.05) is 11.4 Å². The Bertz CT molecular complexity index is 599. The van der Waals surface area contributed by atoms with E-state index in [-0.39, 0.29) is 18.3 Å². The van der Waals surface area contributed by atoms with Crippen LogP contribution in [0.2, 0.25) is 0 Å². The first kappa shape index (κ1) is 14.1. The van der Waals surface area contributed by atoms with Crippen LogP contribution >= 0.6 is 0 Å². The summed E-state index contributed by atoms with van der Waals surface area (Å²) in [6.07, 6.45) is 0.898. The highest BCUT2D eigenvalue weighted by Crippen LogP contribution is 2.15. The molecule has 0 bridgehead atoms. The van der Waals surface area contributed by atoms with Gasteiger partial charge in [0.2, 0.25) is 5.91 Å². The molecule has 0 unspecified atom stereocenters. The van der Waals surface area contributed by atoms with E-state index in [1.165, 1.54) is 12.1 Å². The SMILES string of the molecule is CCc1ccccc1NCC(=O)Nc1cccc(F)c1. The standard InChI is InChI=1S/C16H17FN2O/c1-2-12-6-3-4-9-15(12)18-11-16(20)19-14-8-5-7-13(17)10-14/h3-10,18H,2,11H2,1H3,(H,19,20). The first-order valence-corrected chi connectivity index (χ1v) is 6.56. The van der Waals surface area contributed by atoms with E-state index in [0.717, 1.165) is 17.7 Å². The normalized spacial score (nSPS) is 10.1. The van der Waals surface area contributed by atoms with Crippen LogP contribution < -0.4 is 10.6 Å². The lowest BCUT2D eigenvalue weighted by Crippen LogP contribution is -2.22. The molecule has 4 heteroatoms. The number of rotatable bonds is 5. The summed E-state index contributed by atoms with van der Waals surface area (Å²) < 4.78 is 13.0. The van der Waals surface area contributed by atoms with Gasteiger partial charge in [-0.15, -0.1) is 0 Å². The number of carbonyl (C=O) groups excluding carboxylic acids is 1. The molecule has 3 nitrogen and oxygen atoms in total. The van der Waals surface area contributed by atoms with Gasteiger partial charge in [-0.25, -0.2) is 4.39 Å². The van der Waals surface area contributed by atoms with Gasteiger partial charge in [-0.2, -0.15) is 0 Å². The summed E-state index contributed by atoms with van der Waals surface area (Å²) in [5.74, 6) is -0.575. The number of halogens is 1. The molecule has 0 heterocycles. The smallest absolute Gasteiger partial charge is 0.243 e. The minimum atomic E-state index is -0.368. The predicted molar refractivity (Wildman–Crippen MR) is 79.3 cm³/mol. The Labute approximate surface area is 117 Å². The summed E-state index contributed by atoms with van der Waals surface area (Å²) in [5.41, 5.74) is 2.57. The summed E-state index contributed by atoms with van der Waals surface area (Å²) in [6.45, 7) is 2.21. The first-order valence-electron chi connectivity index (χ1n) is 6.56. The molecule has 0 radical (unpaired) electrons. The Kier molecular flexibility index (Phi) is 4.71. The van der Waals surface area contributed by atoms with Crippen molar-refractivity contribution in [2.45, 2.75) is 13.3 Å². The van der Waals surface area contributed by atoms with E-state index >= 15 is 0 Å². The second-order valence-corrected chi connectivity index (χ2v) is 4.42. The fraction of sp³-hybridized carbons (Fsp3) is 0.188. The maximum atomic E-state index is 13.0. The Morgan fingerprint density at radius 3 is 2.70 bits per heavy atom. The molecule has 0 aliphatic heterocycles. The molecule has 0 aliphatic carbocycles. The first-order chi connectivity index (χ1) is 9.69. The zero-order chi connectivity index (χ0) is 14.4. The van der Waals surface area contributed by atoms with Crippen molar-refractivity contribution in [3.05, 3.63) is 59.9 Å². The van der Waals surface area contributed by atoms with Gasteiger partial charge < -0.3 is 10.6 Å². The molecule has 2 aromatic carbocycles. The van der Waals surface area contributed by atoms with Crippen molar-refractivity contribution < 1.29 is 9.18 Å². The van der Waals surface area contributed by atoms with E-state index in [9.17, 15) is 9.18 Å². The summed E-state index contributed by atoms with van der Waals surface area (Å²) >= 11 is 0. The van der Waals surface area contributed by atoms with Crippen molar-refractivity contribution in [2.24, 2.45) is 0 Å². The summed E-state index contributed by atoms with van der Waals surface area (Å²) in [6, 6.07) is 13.7. The lowest BCUT2D eigenvalue weighted by molar-refractivity contribution is -0.114. The van der Waals surface area contributed by atoms with Crippen LogP contribution in [-0.2, 0) is 11.2 Å². The van der Waals surface area contributed by atoms with E-state index in [0.29, 0.717) is 5.69 Å². The number of para-hydroxylation sites is 1. The third-order valence-electron chi connectivity index (χ3n) is 2.95. The lowest BCUT2D eigenvalue weighted by Gasteiger charge is -2.11. The van der Waals surface area contributed by atoms with Gasteiger partial charge >= 0.3 is 0 Å². The fourth-order valence-electron chi connectivity index (χ4n) is 1.95. The molecule has 2 rings (SSSR count). The van der Waals surface area contributed by atoms with Crippen LogP contribution in [0.3, 0.4) is 0 Å². The topological polar surface area (TPSA) is 41.1 Å². The average molecular weight is 272 g/mol. The largest absolute Gasteiger partial charge is 0.376 e. The molecule has 0 saturated carbocycles. The molecular formula is C16H17FN2O. The van der Waals surface area contributed by atoms with Crippen molar-refractivity contribution in [3.63, 3.8) is 0 Å². The van der Waals surface area contributed by atoms with Crippen LogP contribution in [0.1, 0.15) is 12.5 Å². The van der Waals surface area contributed by atoms with E-state index < -0.39 is 0 Å². The number of aryl methyl sites for hydroxylation is 1. The van der Waals surface area contributed by atoms with Gasteiger partial charge in [0.1, 0.15) is 5.82 Å². The number of amides is 1. The predicted octanol–water partition coefficient (Wildman–Crippen LogP) is 3.44.